The van der Waals surface area contributed by atoms with Gasteiger partial charge in [-0.3, -0.25) is 0 Å². The van der Waals surface area contributed by atoms with Crippen molar-refractivity contribution in [3.8, 4) is 0 Å². The van der Waals surface area contributed by atoms with E-state index in [9.17, 15) is 4.39 Å². The van der Waals surface area contributed by atoms with Crippen LogP contribution in [0.1, 0.15) is 44.1 Å². The lowest BCUT2D eigenvalue weighted by molar-refractivity contribution is 0.528. The molecule has 0 amide bonds. The molecular weight excluding hydrogens is 333 g/mol. The number of hydrogen-bond donors (Lipinski definition) is 1. The molecule has 0 spiro atoms. The number of nitrogens with zero attached hydrogens (tertiary/aromatic N) is 2. The number of benzene rings is 1. The number of imidazole rings is 1. The molecule has 0 saturated carbocycles. The molecule has 21 heavy (non-hydrogen) atoms. The molecule has 2 rings (SSSR count). The Morgan fingerprint density at radius 1 is 1.33 bits per heavy atom. The molecule has 0 aliphatic carbocycles. The van der Waals surface area contributed by atoms with Gasteiger partial charge in [-0.25, -0.2) is 9.37 Å². The second kappa shape index (κ2) is 7.71. The van der Waals surface area contributed by atoms with E-state index in [1.165, 1.54) is 6.07 Å². The van der Waals surface area contributed by atoms with Crippen LogP contribution in [0.25, 0.3) is 0 Å². The van der Waals surface area contributed by atoms with Crippen LogP contribution in [-0.2, 0) is 6.54 Å². The molecule has 0 fully saturated rings. The van der Waals surface area contributed by atoms with Crippen LogP contribution in [0.15, 0.2) is 35.1 Å². The molecule has 1 aromatic carbocycles. The smallest absolute Gasteiger partial charge is 0.137 e. The van der Waals surface area contributed by atoms with E-state index in [0.717, 1.165) is 37.3 Å². The molecule has 1 aromatic heterocycles. The molecule has 0 saturated heterocycles. The van der Waals surface area contributed by atoms with E-state index >= 15 is 0 Å². The van der Waals surface area contributed by atoms with E-state index in [0.29, 0.717) is 4.47 Å². The Morgan fingerprint density at radius 3 is 2.81 bits per heavy atom. The van der Waals surface area contributed by atoms with Crippen molar-refractivity contribution in [2.75, 3.05) is 6.54 Å². The normalized spacial score (nSPS) is 12.6. The van der Waals surface area contributed by atoms with Gasteiger partial charge >= 0.3 is 0 Å². The Morgan fingerprint density at radius 2 is 2.14 bits per heavy atom. The minimum absolute atomic E-state index is 0.0246. The zero-order valence-corrected chi connectivity index (χ0v) is 14.0. The molecule has 2 aromatic rings. The van der Waals surface area contributed by atoms with Crippen LogP contribution < -0.4 is 5.32 Å². The number of hydrogen-bond acceptors (Lipinski definition) is 2. The highest BCUT2D eigenvalue weighted by Crippen LogP contribution is 2.25. The molecule has 3 nitrogen and oxygen atoms in total. The van der Waals surface area contributed by atoms with Crippen molar-refractivity contribution in [1.82, 2.24) is 14.9 Å². The summed E-state index contributed by atoms with van der Waals surface area (Å²) in [6.07, 6.45) is 5.91. The maximum absolute atomic E-state index is 13.5. The van der Waals surface area contributed by atoms with Gasteiger partial charge in [0.25, 0.3) is 0 Å². The lowest BCUT2D eigenvalue weighted by Gasteiger charge is -2.20. The molecule has 1 atom stereocenters. The molecule has 1 unspecified atom stereocenters. The van der Waals surface area contributed by atoms with E-state index in [2.05, 4.69) is 44.6 Å². The zero-order chi connectivity index (χ0) is 15.2. The van der Waals surface area contributed by atoms with Crippen LogP contribution in [-0.4, -0.2) is 16.1 Å². The number of nitrogens with one attached hydrogen (secondary N) is 1. The van der Waals surface area contributed by atoms with E-state index in [1.807, 2.05) is 24.5 Å². The minimum atomic E-state index is -0.245. The fourth-order valence-corrected chi connectivity index (χ4v) is 2.75. The van der Waals surface area contributed by atoms with Crippen molar-refractivity contribution in [1.29, 1.82) is 0 Å². The topological polar surface area (TPSA) is 29.9 Å². The number of aryl methyl sites for hydroxylation is 1. The fourth-order valence-electron chi connectivity index (χ4n) is 2.35. The fraction of sp³-hybridized carbons (Fsp3) is 0.438. The van der Waals surface area contributed by atoms with Crippen LogP contribution in [0.5, 0.6) is 0 Å². The van der Waals surface area contributed by atoms with Gasteiger partial charge in [0.05, 0.1) is 10.5 Å². The van der Waals surface area contributed by atoms with Crippen LogP contribution in [0.3, 0.4) is 0 Å². The summed E-state index contributed by atoms with van der Waals surface area (Å²) in [5, 5.41) is 3.51. The van der Waals surface area contributed by atoms with Crippen LogP contribution in [0.2, 0.25) is 0 Å². The maximum atomic E-state index is 13.5. The summed E-state index contributed by atoms with van der Waals surface area (Å²) in [4.78, 5) is 4.51. The van der Waals surface area contributed by atoms with Gasteiger partial charge < -0.3 is 9.88 Å². The summed E-state index contributed by atoms with van der Waals surface area (Å²) in [6, 6.07) is 5.11. The predicted molar refractivity (Wildman–Crippen MR) is 86.8 cm³/mol. The minimum Gasteiger partial charge on any atom is -0.333 e. The third-order valence-electron chi connectivity index (χ3n) is 3.35. The van der Waals surface area contributed by atoms with Gasteiger partial charge in [-0.15, -0.1) is 0 Å². The first-order valence-corrected chi connectivity index (χ1v) is 8.16. The van der Waals surface area contributed by atoms with Gasteiger partial charge in [0.2, 0.25) is 0 Å². The monoisotopic (exact) mass is 353 g/mol. The SMILES string of the molecule is CCCNC(c1ccc(F)c(Br)c1)c1nccn1CCC. The Bertz CT molecular complexity index is 583. The van der Waals surface area contributed by atoms with Crippen molar-refractivity contribution in [2.24, 2.45) is 0 Å². The Balaban J connectivity index is 2.37. The molecular formula is C16H21BrFN3. The molecule has 0 bridgehead atoms. The van der Waals surface area contributed by atoms with Crippen molar-refractivity contribution in [3.05, 3.63) is 52.3 Å². The Kier molecular flexibility index (Phi) is 5.94. The highest BCUT2D eigenvalue weighted by molar-refractivity contribution is 9.10. The van der Waals surface area contributed by atoms with Gasteiger partial charge in [0.1, 0.15) is 11.6 Å². The second-order valence-electron chi connectivity index (χ2n) is 5.04. The highest BCUT2D eigenvalue weighted by atomic mass is 79.9. The lowest BCUT2D eigenvalue weighted by atomic mass is 10.1. The summed E-state index contributed by atoms with van der Waals surface area (Å²) in [5.74, 6) is 0.730. The first kappa shape index (κ1) is 16.2. The largest absolute Gasteiger partial charge is 0.333 e. The van der Waals surface area contributed by atoms with E-state index < -0.39 is 0 Å². The predicted octanol–water partition coefficient (Wildman–Crippen LogP) is 4.28. The van der Waals surface area contributed by atoms with Crippen molar-refractivity contribution in [3.63, 3.8) is 0 Å². The molecule has 5 heteroatoms. The van der Waals surface area contributed by atoms with E-state index in [1.54, 1.807) is 0 Å². The van der Waals surface area contributed by atoms with Gasteiger partial charge in [0, 0.05) is 18.9 Å². The van der Waals surface area contributed by atoms with Crippen molar-refractivity contribution < 1.29 is 4.39 Å². The Labute approximate surface area is 133 Å². The average molecular weight is 354 g/mol. The summed E-state index contributed by atoms with van der Waals surface area (Å²) < 4.78 is 16.1. The van der Waals surface area contributed by atoms with Crippen LogP contribution in [0, 0.1) is 5.82 Å². The third-order valence-corrected chi connectivity index (χ3v) is 3.95. The van der Waals surface area contributed by atoms with E-state index in [-0.39, 0.29) is 11.9 Å². The summed E-state index contributed by atoms with van der Waals surface area (Å²) in [5.41, 5.74) is 1.01. The molecule has 0 radical (unpaired) electrons. The van der Waals surface area contributed by atoms with Gasteiger partial charge in [-0.2, -0.15) is 0 Å². The molecule has 1 heterocycles. The summed E-state index contributed by atoms with van der Waals surface area (Å²) in [7, 11) is 0. The first-order valence-electron chi connectivity index (χ1n) is 7.36. The average Bonchev–Trinajstić information content (AvgIpc) is 2.92. The molecule has 114 valence electrons. The van der Waals surface area contributed by atoms with Gasteiger partial charge in [-0.1, -0.05) is 19.9 Å². The highest BCUT2D eigenvalue weighted by Gasteiger charge is 2.19. The van der Waals surface area contributed by atoms with E-state index in [4.69, 9.17) is 0 Å². The standard InChI is InChI=1S/C16H21BrFN3/c1-3-7-19-15(12-5-6-14(18)13(17)11-12)16-20-8-10-21(16)9-4-2/h5-6,8,10-11,15,19H,3-4,7,9H2,1-2H3. The van der Waals surface area contributed by atoms with Crippen LogP contribution in [0.4, 0.5) is 4.39 Å². The van der Waals surface area contributed by atoms with Gasteiger partial charge in [0.15, 0.2) is 0 Å². The molecule has 0 aliphatic heterocycles. The third kappa shape index (κ3) is 3.92. The lowest BCUT2D eigenvalue weighted by Crippen LogP contribution is -2.26. The number of rotatable bonds is 7. The summed E-state index contributed by atoms with van der Waals surface area (Å²) in [6.45, 7) is 6.09. The first-order chi connectivity index (χ1) is 10.2. The number of aromatic nitrogens is 2. The quantitative estimate of drug-likeness (QED) is 0.804. The second-order valence-corrected chi connectivity index (χ2v) is 5.89. The maximum Gasteiger partial charge on any atom is 0.137 e. The number of halogens is 2. The molecule has 1 N–H and O–H groups in total. The van der Waals surface area contributed by atoms with Crippen LogP contribution >= 0.6 is 15.9 Å². The van der Waals surface area contributed by atoms with Gasteiger partial charge in [-0.05, 0) is 53.0 Å². The zero-order valence-electron chi connectivity index (χ0n) is 12.4. The Hall–Kier alpha value is -1.20. The molecule has 0 aliphatic rings. The van der Waals surface area contributed by atoms with Crippen molar-refractivity contribution >= 4 is 15.9 Å². The van der Waals surface area contributed by atoms with Crippen molar-refractivity contribution in [2.45, 2.75) is 39.3 Å². The summed E-state index contributed by atoms with van der Waals surface area (Å²) >= 11 is 3.27.